The fourth-order valence-electron chi connectivity index (χ4n) is 3.75. The van der Waals surface area contributed by atoms with Gasteiger partial charge in [-0.05, 0) is 51.6 Å². The van der Waals surface area contributed by atoms with Crippen molar-refractivity contribution in [1.82, 2.24) is 10.6 Å². The van der Waals surface area contributed by atoms with Crippen LogP contribution in [0.4, 0.5) is 0 Å². The van der Waals surface area contributed by atoms with E-state index in [-0.39, 0.29) is 30.2 Å². The zero-order valence-corrected chi connectivity index (χ0v) is 14.5. The van der Waals surface area contributed by atoms with Crippen molar-refractivity contribution in [2.24, 2.45) is 23.5 Å². The summed E-state index contributed by atoms with van der Waals surface area (Å²) in [6.45, 7) is 3.53. The highest BCUT2D eigenvalue weighted by Crippen LogP contribution is 2.32. The topological polar surface area (TPSA) is 108 Å². The van der Waals surface area contributed by atoms with Crippen molar-refractivity contribution in [3.63, 3.8) is 0 Å². The van der Waals surface area contributed by atoms with Gasteiger partial charge < -0.3 is 16.4 Å². The molecule has 1 unspecified atom stereocenters. The van der Waals surface area contributed by atoms with Crippen molar-refractivity contribution in [2.75, 3.05) is 13.1 Å². The molecule has 0 bridgehead atoms. The number of piperidine rings is 1. The van der Waals surface area contributed by atoms with Crippen LogP contribution in [0.5, 0.6) is 0 Å². The molecule has 0 aromatic rings. The minimum Gasteiger partial charge on any atom is -0.369 e. The molecule has 1 saturated heterocycles. The lowest BCUT2D eigenvalue weighted by atomic mass is 9.76. The quantitative estimate of drug-likeness (QED) is 0.710. The maximum absolute atomic E-state index is 12.6. The molecule has 2 amide bonds. The van der Waals surface area contributed by atoms with Crippen LogP contribution in [0.2, 0.25) is 0 Å². The van der Waals surface area contributed by atoms with Crippen molar-refractivity contribution >= 4 is 24.2 Å². The zero-order chi connectivity index (χ0) is 16.2. The Morgan fingerprint density at radius 3 is 2.26 bits per heavy atom. The second-order valence-electron chi connectivity index (χ2n) is 6.73. The summed E-state index contributed by atoms with van der Waals surface area (Å²) in [6, 6.07) is 2.29. The molecule has 3 atom stereocenters. The maximum atomic E-state index is 12.6. The van der Waals surface area contributed by atoms with Crippen LogP contribution in [0.3, 0.4) is 0 Å². The molecule has 1 saturated carbocycles. The number of amides is 2. The van der Waals surface area contributed by atoms with Crippen LogP contribution >= 0.6 is 12.4 Å². The molecule has 1 heterocycles. The smallest absolute Gasteiger partial charge is 0.225 e. The lowest BCUT2D eigenvalue weighted by Crippen LogP contribution is -2.56. The van der Waals surface area contributed by atoms with Crippen molar-refractivity contribution in [2.45, 2.75) is 51.0 Å². The molecule has 2 rings (SSSR count). The summed E-state index contributed by atoms with van der Waals surface area (Å²) in [6.07, 6.45) is 4.94. The van der Waals surface area contributed by atoms with E-state index in [1.165, 1.54) is 0 Å². The summed E-state index contributed by atoms with van der Waals surface area (Å²) in [5.74, 6) is -1.24. The van der Waals surface area contributed by atoms with Crippen LogP contribution in [0, 0.1) is 29.1 Å². The number of rotatable bonds is 4. The lowest BCUT2D eigenvalue weighted by molar-refractivity contribution is -0.136. The van der Waals surface area contributed by atoms with E-state index in [0.717, 1.165) is 38.8 Å². The number of nitrogens with two attached hydrogens (primary N) is 1. The first kappa shape index (κ1) is 19.7. The highest BCUT2D eigenvalue weighted by Gasteiger charge is 2.41. The van der Waals surface area contributed by atoms with Gasteiger partial charge in [-0.2, -0.15) is 5.26 Å². The van der Waals surface area contributed by atoms with E-state index in [4.69, 9.17) is 5.73 Å². The van der Waals surface area contributed by atoms with E-state index in [0.29, 0.717) is 12.8 Å². The van der Waals surface area contributed by atoms with Gasteiger partial charge in [-0.25, -0.2) is 0 Å². The Bertz CT molecular complexity index is 473. The molecule has 0 radical (unpaired) electrons. The molecule has 0 aromatic heterocycles. The SMILES string of the molecule is CC(C#N)(NC(=O)[C@@H]1CCCC[C@@H]1C(N)=O)C1CCNCC1.Cl. The van der Waals surface area contributed by atoms with Crippen LogP contribution in [0.15, 0.2) is 0 Å². The third kappa shape index (κ3) is 4.58. The van der Waals surface area contributed by atoms with Crippen molar-refractivity contribution in [3.8, 4) is 6.07 Å². The van der Waals surface area contributed by atoms with Gasteiger partial charge in [0.25, 0.3) is 0 Å². The zero-order valence-electron chi connectivity index (χ0n) is 13.6. The molecular formula is C16H27ClN4O2. The highest BCUT2D eigenvalue weighted by molar-refractivity contribution is 5.87. The van der Waals surface area contributed by atoms with E-state index < -0.39 is 17.4 Å². The third-order valence-electron chi connectivity index (χ3n) is 5.24. The Kier molecular flexibility index (Phi) is 7.30. The summed E-state index contributed by atoms with van der Waals surface area (Å²) in [5.41, 5.74) is 4.57. The van der Waals surface area contributed by atoms with Gasteiger partial charge in [0.1, 0.15) is 5.54 Å². The van der Waals surface area contributed by atoms with E-state index in [1.54, 1.807) is 6.92 Å². The number of nitriles is 1. The van der Waals surface area contributed by atoms with E-state index in [1.807, 2.05) is 0 Å². The van der Waals surface area contributed by atoms with Crippen molar-refractivity contribution in [3.05, 3.63) is 0 Å². The van der Waals surface area contributed by atoms with Crippen molar-refractivity contribution < 1.29 is 9.59 Å². The van der Waals surface area contributed by atoms with E-state index >= 15 is 0 Å². The Labute approximate surface area is 144 Å². The number of nitrogens with zero attached hydrogens (tertiary/aromatic N) is 1. The molecule has 0 spiro atoms. The molecule has 7 heteroatoms. The fourth-order valence-corrected chi connectivity index (χ4v) is 3.75. The first-order valence-corrected chi connectivity index (χ1v) is 8.21. The number of halogens is 1. The van der Waals surface area contributed by atoms with Gasteiger partial charge in [-0.3, -0.25) is 9.59 Å². The monoisotopic (exact) mass is 342 g/mol. The summed E-state index contributed by atoms with van der Waals surface area (Å²) in [7, 11) is 0. The fraction of sp³-hybridized carbons (Fsp3) is 0.812. The number of primary amides is 1. The number of hydrogen-bond acceptors (Lipinski definition) is 4. The molecule has 23 heavy (non-hydrogen) atoms. The van der Waals surface area contributed by atoms with Gasteiger partial charge in [0, 0.05) is 11.8 Å². The van der Waals surface area contributed by atoms with Crippen LogP contribution < -0.4 is 16.4 Å². The largest absolute Gasteiger partial charge is 0.369 e. The highest BCUT2D eigenvalue weighted by atomic mass is 35.5. The Hall–Kier alpha value is -1.32. The average Bonchev–Trinajstić information content (AvgIpc) is 2.55. The van der Waals surface area contributed by atoms with Crippen LogP contribution in [0.25, 0.3) is 0 Å². The number of carbonyl (C=O) groups excluding carboxylic acids is 2. The van der Waals surface area contributed by atoms with Gasteiger partial charge in [-0.1, -0.05) is 12.8 Å². The molecule has 4 N–H and O–H groups in total. The summed E-state index contributed by atoms with van der Waals surface area (Å²) < 4.78 is 0. The average molecular weight is 343 g/mol. The predicted octanol–water partition coefficient (Wildman–Crippen LogP) is 1.10. The molecule has 1 aliphatic carbocycles. The minimum absolute atomic E-state index is 0. The van der Waals surface area contributed by atoms with Crippen molar-refractivity contribution in [1.29, 1.82) is 5.26 Å². The van der Waals surface area contributed by atoms with Crippen LogP contribution in [0.1, 0.15) is 45.4 Å². The maximum Gasteiger partial charge on any atom is 0.225 e. The first-order chi connectivity index (χ1) is 10.5. The predicted molar refractivity (Wildman–Crippen MR) is 89.6 cm³/mol. The van der Waals surface area contributed by atoms with Gasteiger partial charge in [0.2, 0.25) is 11.8 Å². The van der Waals surface area contributed by atoms with Crippen LogP contribution in [-0.4, -0.2) is 30.4 Å². The van der Waals surface area contributed by atoms with Crippen LogP contribution in [-0.2, 0) is 9.59 Å². The summed E-state index contributed by atoms with van der Waals surface area (Å²) in [5, 5.41) is 15.8. The molecule has 1 aliphatic heterocycles. The van der Waals surface area contributed by atoms with Gasteiger partial charge in [0.05, 0.1) is 6.07 Å². The van der Waals surface area contributed by atoms with Gasteiger partial charge in [-0.15, -0.1) is 12.4 Å². The van der Waals surface area contributed by atoms with Gasteiger partial charge in [0.15, 0.2) is 0 Å². The number of hydrogen-bond donors (Lipinski definition) is 3. The molecule has 2 aliphatic rings. The molecule has 0 aromatic carbocycles. The number of nitrogens with one attached hydrogen (secondary N) is 2. The normalized spacial score (nSPS) is 27.8. The summed E-state index contributed by atoms with van der Waals surface area (Å²) >= 11 is 0. The number of carbonyl (C=O) groups is 2. The molecule has 130 valence electrons. The Balaban J connectivity index is 0.00000264. The lowest BCUT2D eigenvalue weighted by Gasteiger charge is -2.37. The van der Waals surface area contributed by atoms with E-state index in [2.05, 4.69) is 16.7 Å². The molecular weight excluding hydrogens is 316 g/mol. The summed E-state index contributed by atoms with van der Waals surface area (Å²) in [4.78, 5) is 24.2. The Morgan fingerprint density at radius 2 is 1.74 bits per heavy atom. The standard InChI is InChI=1S/C16H26N4O2.ClH/c1-16(10-17,11-6-8-19-9-7-11)20-15(22)13-5-3-2-4-12(13)14(18)21;/h11-13,19H,2-9H2,1H3,(H2,18,21)(H,20,22);1H/t12-,13+,16?;/m0./s1. The van der Waals surface area contributed by atoms with Gasteiger partial charge >= 0.3 is 0 Å². The molecule has 2 fully saturated rings. The second kappa shape index (κ2) is 8.51. The Morgan fingerprint density at radius 1 is 1.17 bits per heavy atom. The minimum atomic E-state index is -0.876. The first-order valence-electron chi connectivity index (χ1n) is 8.21. The molecule has 6 nitrogen and oxygen atoms in total. The second-order valence-corrected chi connectivity index (χ2v) is 6.73. The van der Waals surface area contributed by atoms with E-state index in [9.17, 15) is 14.9 Å². The third-order valence-corrected chi connectivity index (χ3v) is 5.24.